The fourth-order valence-electron chi connectivity index (χ4n) is 4.24. The number of nitrogens with two attached hydrogens (primary N) is 1. The van der Waals surface area contributed by atoms with E-state index < -0.39 is 0 Å². The van der Waals surface area contributed by atoms with Gasteiger partial charge in [0, 0.05) is 43.2 Å². The molecule has 0 unspecified atom stereocenters. The first-order chi connectivity index (χ1) is 16.9. The smallest absolute Gasteiger partial charge is 0.251 e. The molecule has 4 N–H and O–H groups in total. The van der Waals surface area contributed by atoms with E-state index in [9.17, 15) is 9.59 Å². The second-order valence-electron chi connectivity index (χ2n) is 8.78. The predicted octanol–water partition coefficient (Wildman–Crippen LogP) is 4.18. The number of hydrogen-bond donors (Lipinski definition) is 3. The highest BCUT2D eigenvalue weighted by Gasteiger charge is 2.23. The van der Waals surface area contributed by atoms with Gasteiger partial charge in [0.1, 0.15) is 0 Å². The molecule has 0 aliphatic carbocycles. The lowest BCUT2D eigenvalue weighted by Gasteiger charge is -2.28. The standard InChI is InChI=1S/C28H35ClN4O2/c1-3-20(21-7-5-4-6-8-21)19-33(2)28(35)26(13-14-30)31-15-16-32-27(34)24-10-9-23-18-25(29)12-11-22(23)17-24/h4-12,17-18,20,26,31H,3,13-16,19,30H2,1-2H3,(H,32,34)/t20-,26+/m1/s1. The molecule has 3 aromatic rings. The Morgan fingerprint density at radius 1 is 1.00 bits per heavy atom. The van der Waals surface area contributed by atoms with Gasteiger partial charge in [0.25, 0.3) is 5.91 Å². The summed E-state index contributed by atoms with van der Waals surface area (Å²) in [4.78, 5) is 27.5. The number of rotatable bonds is 12. The molecule has 0 saturated carbocycles. The van der Waals surface area contributed by atoms with Crippen LogP contribution in [-0.4, -0.2) is 56.0 Å². The van der Waals surface area contributed by atoms with Crippen LogP contribution < -0.4 is 16.4 Å². The van der Waals surface area contributed by atoms with Crippen molar-refractivity contribution in [2.45, 2.75) is 31.7 Å². The van der Waals surface area contributed by atoms with Crippen LogP contribution in [0.25, 0.3) is 10.8 Å². The molecular formula is C28H35ClN4O2. The maximum atomic E-state index is 13.1. The molecule has 0 heterocycles. The van der Waals surface area contributed by atoms with Crippen molar-refractivity contribution in [3.05, 3.63) is 82.9 Å². The SMILES string of the molecule is CC[C@H](CN(C)C(=O)[C@H](CCN)NCCNC(=O)c1ccc2cc(Cl)ccc2c1)c1ccccc1. The normalized spacial score (nSPS) is 12.8. The van der Waals surface area contributed by atoms with Crippen molar-refractivity contribution >= 4 is 34.2 Å². The van der Waals surface area contributed by atoms with Crippen LogP contribution in [-0.2, 0) is 4.79 Å². The molecular weight excluding hydrogens is 460 g/mol. The molecule has 0 aliphatic heterocycles. The maximum Gasteiger partial charge on any atom is 0.251 e. The highest BCUT2D eigenvalue weighted by atomic mass is 35.5. The largest absolute Gasteiger partial charge is 0.351 e. The van der Waals surface area contributed by atoms with Crippen LogP contribution in [0.2, 0.25) is 5.02 Å². The molecule has 0 aromatic heterocycles. The van der Waals surface area contributed by atoms with Gasteiger partial charge in [0.05, 0.1) is 6.04 Å². The average Bonchev–Trinajstić information content (AvgIpc) is 2.88. The van der Waals surface area contributed by atoms with Crippen molar-refractivity contribution in [3.63, 3.8) is 0 Å². The summed E-state index contributed by atoms with van der Waals surface area (Å²) in [6, 6.07) is 21.0. The zero-order chi connectivity index (χ0) is 25.2. The van der Waals surface area contributed by atoms with Crippen molar-refractivity contribution in [2.75, 3.05) is 33.2 Å². The van der Waals surface area contributed by atoms with Crippen LogP contribution >= 0.6 is 11.6 Å². The Hall–Kier alpha value is -2.93. The summed E-state index contributed by atoms with van der Waals surface area (Å²) in [6.45, 7) is 4.05. The molecule has 186 valence electrons. The topological polar surface area (TPSA) is 87.5 Å². The summed E-state index contributed by atoms with van der Waals surface area (Å²) in [5.41, 5.74) is 7.60. The second kappa shape index (κ2) is 13.2. The van der Waals surface area contributed by atoms with Gasteiger partial charge in [0.15, 0.2) is 0 Å². The molecule has 0 saturated heterocycles. The van der Waals surface area contributed by atoms with E-state index in [2.05, 4.69) is 29.7 Å². The van der Waals surface area contributed by atoms with E-state index >= 15 is 0 Å². The molecule has 3 aromatic carbocycles. The van der Waals surface area contributed by atoms with Crippen LogP contribution in [0.4, 0.5) is 0 Å². The lowest BCUT2D eigenvalue weighted by Crippen LogP contribution is -2.48. The zero-order valence-electron chi connectivity index (χ0n) is 20.5. The molecule has 6 nitrogen and oxygen atoms in total. The number of likely N-dealkylation sites (N-methyl/N-ethyl adjacent to an activating group) is 1. The Labute approximate surface area is 212 Å². The van der Waals surface area contributed by atoms with Crippen LogP contribution in [0.1, 0.15) is 41.6 Å². The van der Waals surface area contributed by atoms with E-state index in [0.29, 0.717) is 43.2 Å². The molecule has 7 heteroatoms. The molecule has 0 aliphatic rings. The number of fused-ring (bicyclic) bond motifs is 1. The number of amides is 2. The summed E-state index contributed by atoms with van der Waals surface area (Å²) >= 11 is 6.03. The number of carbonyl (C=O) groups is 2. The number of benzene rings is 3. The third kappa shape index (κ3) is 7.52. The minimum absolute atomic E-state index is 0.0179. The number of nitrogens with one attached hydrogen (secondary N) is 2. The minimum Gasteiger partial charge on any atom is -0.351 e. The van der Waals surface area contributed by atoms with Crippen molar-refractivity contribution in [1.82, 2.24) is 15.5 Å². The highest BCUT2D eigenvalue weighted by molar-refractivity contribution is 6.31. The molecule has 0 bridgehead atoms. The van der Waals surface area contributed by atoms with Gasteiger partial charge in [-0.05, 0) is 60.0 Å². The van der Waals surface area contributed by atoms with E-state index in [-0.39, 0.29) is 23.8 Å². The predicted molar refractivity (Wildman–Crippen MR) is 144 cm³/mol. The third-order valence-electron chi connectivity index (χ3n) is 6.25. The van der Waals surface area contributed by atoms with Crippen LogP contribution in [0.3, 0.4) is 0 Å². The van der Waals surface area contributed by atoms with E-state index in [1.165, 1.54) is 5.56 Å². The van der Waals surface area contributed by atoms with E-state index in [1.807, 2.05) is 55.6 Å². The number of nitrogens with zero attached hydrogens (tertiary/aromatic N) is 1. The van der Waals surface area contributed by atoms with Gasteiger partial charge in [-0.1, -0.05) is 61.0 Å². The average molecular weight is 495 g/mol. The number of hydrogen-bond acceptors (Lipinski definition) is 4. The summed E-state index contributed by atoms with van der Waals surface area (Å²) in [6.07, 6.45) is 1.48. The fraction of sp³-hybridized carbons (Fsp3) is 0.357. The first-order valence-corrected chi connectivity index (χ1v) is 12.5. The Morgan fingerprint density at radius 2 is 1.71 bits per heavy atom. The van der Waals surface area contributed by atoms with Crippen molar-refractivity contribution in [3.8, 4) is 0 Å². The summed E-state index contributed by atoms with van der Waals surface area (Å²) in [7, 11) is 1.84. The van der Waals surface area contributed by atoms with Crippen LogP contribution in [0.5, 0.6) is 0 Å². The molecule has 3 rings (SSSR count). The van der Waals surface area contributed by atoms with E-state index in [1.54, 1.807) is 11.0 Å². The fourth-order valence-corrected chi connectivity index (χ4v) is 4.42. The van der Waals surface area contributed by atoms with E-state index in [4.69, 9.17) is 17.3 Å². The molecule has 2 atom stereocenters. The summed E-state index contributed by atoms with van der Waals surface area (Å²) < 4.78 is 0. The van der Waals surface area contributed by atoms with Crippen molar-refractivity contribution in [1.29, 1.82) is 0 Å². The number of carbonyl (C=O) groups excluding carboxylic acids is 2. The Morgan fingerprint density at radius 3 is 2.43 bits per heavy atom. The van der Waals surface area contributed by atoms with Gasteiger partial charge in [-0.25, -0.2) is 0 Å². The molecule has 0 radical (unpaired) electrons. The maximum absolute atomic E-state index is 13.1. The van der Waals surface area contributed by atoms with Gasteiger partial charge < -0.3 is 21.3 Å². The molecule has 35 heavy (non-hydrogen) atoms. The number of halogens is 1. The monoisotopic (exact) mass is 494 g/mol. The summed E-state index contributed by atoms with van der Waals surface area (Å²) in [5, 5.41) is 8.80. The Bertz CT molecular complexity index is 1120. The lowest BCUT2D eigenvalue weighted by molar-refractivity contribution is -0.132. The Balaban J connectivity index is 1.51. The van der Waals surface area contributed by atoms with Gasteiger partial charge in [-0.15, -0.1) is 0 Å². The first kappa shape index (κ1) is 26.7. The highest BCUT2D eigenvalue weighted by Crippen LogP contribution is 2.21. The summed E-state index contributed by atoms with van der Waals surface area (Å²) in [5.74, 6) is 0.140. The van der Waals surface area contributed by atoms with Gasteiger partial charge in [-0.2, -0.15) is 0 Å². The van der Waals surface area contributed by atoms with Gasteiger partial charge in [0.2, 0.25) is 5.91 Å². The second-order valence-corrected chi connectivity index (χ2v) is 9.22. The van der Waals surface area contributed by atoms with E-state index in [0.717, 1.165) is 17.2 Å². The lowest BCUT2D eigenvalue weighted by atomic mass is 9.96. The Kier molecular flexibility index (Phi) is 10.1. The molecule has 0 spiro atoms. The van der Waals surface area contributed by atoms with Gasteiger partial charge in [-0.3, -0.25) is 9.59 Å². The molecule has 2 amide bonds. The van der Waals surface area contributed by atoms with Crippen LogP contribution in [0, 0.1) is 0 Å². The zero-order valence-corrected chi connectivity index (χ0v) is 21.2. The van der Waals surface area contributed by atoms with Crippen LogP contribution in [0.15, 0.2) is 66.7 Å². The van der Waals surface area contributed by atoms with Gasteiger partial charge >= 0.3 is 0 Å². The minimum atomic E-state index is -0.388. The molecule has 0 fully saturated rings. The van der Waals surface area contributed by atoms with Crippen molar-refractivity contribution < 1.29 is 9.59 Å². The third-order valence-corrected chi connectivity index (χ3v) is 6.49. The first-order valence-electron chi connectivity index (χ1n) is 12.1. The quantitative estimate of drug-likeness (QED) is 0.329. The van der Waals surface area contributed by atoms with Crippen molar-refractivity contribution in [2.24, 2.45) is 5.73 Å².